The summed E-state index contributed by atoms with van der Waals surface area (Å²) in [5.41, 5.74) is 0.799. The molecule has 1 fully saturated rings. The van der Waals surface area contributed by atoms with E-state index in [2.05, 4.69) is 24.9 Å². The first kappa shape index (κ1) is 26.5. The molecule has 13 heteroatoms. The van der Waals surface area contributed by atoms with Crippen LogP contribution in [0.1, 0.15) is 54.3 Å². The van der Waals surface area contributed by atoms with Crippen molar-refractivity contribution in [3.63, 3.8) is 0 Å². The normalized spacial score (nSPS) is 14.4. The standard InChI is InChI=1S/C26H24F4N6O3/c1-13(37)17-9-31-22(20-21(15-5-6-15)32-12-33-25(20)38-3)35-24(17)39-11-14-4-7-16(18(27)8-14)23-34-19(10-36(23)2)26(28,29)30/h4,7-10,12-13,15,37H,5-6,11H2,1-3H3. The fourth-order valence-electron chi connectivity index (χ4n) is 4.15. The van der Waals surface area contributed by atoms with Gasteiger partial charge < -0.3 is 19.1 Å². The highest BCUT2D eigenvalue weighted by Gasteiger charge is 2.35. The van der Waals surface area contributed by atoms with Gasteiger partial charge in [0.05, 0.1) is 30.0 Å². The number of halogens is 4. The molecular formula is C26H24F4N6O3. The first-order valence-electron chi connectivity index (χ1n) is 12.0. The molecule has 1 aliphatic carbocycles. The lowest BCUT2D eigenvalue weighted by Gasteiger charge is -2.15. The number of benzene rings is 1. The summed E-state index contributed by atoms with van der Waals surface area (Å²) in [5.74, 6) is -0.0406. The number of rotatable bonds is 8. The highest BCUT2D eigenvalue weighted by Crippen LogP contribution is 2.45. The first-order valence-corrected chi connectivity index (χ1v) is 12.0. The summed E-state index contributed by atoms with van der Waals surface area (Å²) < 4.78 is 66.5. The Morgan fingerprint density at radius 2 is 1.90 bits per heavy atom. The monoisotopic (exact) mass is 544 g/mol. The molecule has 3 aromatic heterocycles. The van der Waals surface area contributed by atoms with Gasteiger partial charge in [0.15, 0.2) is 11.5 Å². The second-order valence-corrected chi connectivity index (χ2v) is 9.21. The number of aliphatic hydroxyl groups is 1. The third-order valence-electron chi connectivity index (χ3n) is 6.27. The summed E-state index contributed by atoms with van der Waals surface area (Å²) in [6, 6.07) is 4.01. The van der Waals surface area contributed by atoms with E-state index in [4.69, 9.17) is 9.47 Å². The van der Waals surface area contributed by atoms with Crippen LogP contribution in [0.4, 0.5) is 17.6 Å². The fraction of sp³-hybridized carbons (Fsp3) is 0.346. The third kappa shape index (κ3) is 5.39. The van der Waals surface area contributed by atoms with Crippen molar-refractivity contribution in [3.05, 3.63) is 65.3 Å². The number of nitrogens with zero attached hydrogens (tertiary/aromatic N) is 6. The van der Waals surface area contributed by atoms with E-state index in [0.29, 0.717) is 22.6 Å². The van der Waals surface area contributed by atoms with Crippen LogP contribution in [0.15, 0.2) is 36.9 Å². The van der Waals surface area contributed by atoms with Gasteiger partial charge in [-0.1, -0.05) is 6.07 Å². The molecule has 1 N–H and O–H groups in total. The van der Waals surface area contributed by atoms with E-state index in [-0.39, 0.29) is 35.6 Å². The molecule has 39 heavy (non-hydrogen) atoms. The minimum Gasteiger partial charge on any atom is -0.480 e. The lowest BCUT2D eigenvalue weighted by Crippen LogP contribution is -2.08. The van der Waals surface area contributed by atoms with Crippen LogP contribution < -0.4 is 9.47 Å². The first-order chi connectivity index (χ1) is 18.6. The molecule has 0 spiro atoms. The summed E-state index contributed by atoms with van der Waals surface area (Å²) in [5, 5.41) is 10.2. The molecule has 0 amide bonds. The number of alkyl halides is 3. The molecule has 4 aromatic rings. The molecule has 5 rings (SSSR count). The van der Waals surface area contributed by atoms with Gasteiger partial charge in [-0.25, -0.2) is 24.3 Å². The van der Waals surface area contributed by atoms with Gasteiger partial charge in [0.1, 0.15) is 30.1 Å². The molecule has 1 unspecified atom stereocenters. The van der Waals surface area contributed by atoms with Gasteiger partial charge in [-0.15, -0.1) is 0 Å². The van der Waals surface area contributed by atoms with Crippen LogP contribution in [-0.2, 0) is 19.8 Å². The van der Waals surface area contributed by atoms with Crippen molar-refractivity contribution in [1.29, 1.82) is 0 Å². The predicted octanol–water partition coefficient (Wildman–Crippen LogP) is 5.01. The SMILES string of the molecule is COc1ncnc(C2CC2)c1-c1ncc(C(C)O)c(OCc2ccc(-c3nc(C(F)(F)F)cn3C)c(F)c2)n1. The van der Waals surface area contributed by atoms with Crippen molar-refractivity contribution in [3.8, 4) is 34.5 Å². The molecule has 1 atom stereocenters. The second kappa shape index (κ2) is 10.2. The van der Waals surface area contributed by atoms with E-state index in [1.54, 1.807) is 0 Å². The van der Waals surface area contributed by atoms with Crippen LogP contribution in [0.2, 0.25) is 0 Å². The van der Waals surface area contributed by atoms with E-state index >= 15 is 0 Å². The molecule has 0 saturated heterocycles. The average molecular weight is 545 g/mol. The minimum atomic E-state index is -4.65. The van der Waals surface area contributed by atoms with Gasteiger partial charge >= 0.3 is 6.18 Å². The van der Waals surface area contributed by atoms with Crippen molar-refractivity contribution < 1.29 is 32.1 Å². The smallest absolute Gasteiger partial charge is 0.434 e. The van der Waals surface area contributed by atoms with Crippen molar-refractivity contribution in [1.82, 2.24) is 29.5 Å². The van der Waals surface area contributed by atoms with Crippen molar-refractivity contribution >= 4 is 0 Å². The summed E-state index contributed by atoms with van der Waals surface area (Å²) in [6.45, 7) is 1.39. The highest BCUT2D eigenvalue weighted by molar-refractivity contribution is 5.66. The van der Waals surface area contributed by atoms with E-state index in [0.717, 1.165) is 35.4 Å². The zero-order valence-corrected chi connectivity index (χ0v) is 21.2. The Balaban J connectivity index is 1.43. The lowest BCUT2D eigenvalue weighted by molar-refractivity contribution is -0.140. The van der Waals surface area contributed by atoms with Gasteiger partial charge in [0.25, 0.3) is 0 Å². The predicted molar refractivity (Wildman–Crippen MR) is 130 cm³/mol. The Kier molecular flexibility index (Phi) is 6.93. The number of hydrogen-bond donors (Lipinski definition) is 1. The van der Waals surface area contributed by atoms with E-state index in [9.17, 15) is 22.7 Å². The van der Waals surface area contributed by atoms with Crippen molar-refractivity contribution in [2.45, 2.75) is 44.6 Å². The number of methoxy groups -OCH3 is 1. The fourth-order valence-corrected chi connectivity index (χ4v) is 4.15. The maximum absolute atomic E-state index is 15.0. The summed E-state index contributed by atoms with van der Waals surface area (Å²) in [7, 11) is 2.84. The van der Waals surface area contributed by atoms with Gasteiger partial charge in [-0.05, 0) is 37.5 Å². The molecule has 0 aliphatic heterocycles. The molecule has 1 aromatic carbocycles. The Morgan fingerprint density at radius 1 is 1.13 bits per heavy atom. The minimum absolute atomic E-state index is 0.0751. The third-order valence-corrected chi connectivity index (χ3v) is 6.27. The molecule has 9 nitrogen and oxygen atoms in total. The maximum Gasteiger partial charge on any atom is 0.434 e. The highest BCUT2D eigenvalue weighted by atomic mass is 19.4. The molecule has 1 aliphatic rings. The van der Waals surface area contributed by atoms with Gasteiger partial charge in [-0.2, -0.15) is 18.2 Å². The Morgan fingerprint density at radius 3 is 2.51 bits per heavy atom. The van der Waals surface area contributed by atoms with Crippen LogP contribution in [0.3, 0.4) is 0 Å². The maximum atomic E-state index is 15.0. The van der Waals surface area contributed by atoms with Crippen LogP contribution in [0, 0.1) is 5.82 Å². The lowest BCUT2D eigenvalue weighted by atomic mass is 10.1. The number of imidazole rings is 1. The molecule has 204 valence electrons. The number of hydrogen-bond acceptors (Lipinski definition) is 8. The van der Waals surface area contributed by atoms with E-state index in [1.165, 1.54) is 45.7 Å². The number of aliphatic hydroxyl groups excluding tert-OH is 1. The van der Waals surface area contributed by atoms with Gasteiger partial charge in [0.2, 0.25) is 11.8 Å². The molecular weight excluding hydrogens is 520 g/mol. The Bertz CT molecular complexity index is 1520. The van der Waals surface area contributed by atoms with Crippen LogP contribution in [0.25, 0.3) is 22.8 Å². The second-order valence-electron chi connectivity index (χ2n) is 9.21. The molecule has 1 saturated carbocycles. The largest absolute Gasteiger partial charge is 0.480 e. The van der Waals surface area contributed by atoms with Crippen molar-refractivity contribution in [2.75, 3.05) is 7.11 Å². The quantitative estimate of drug-likeness (QED) is 0.309. The van der Waals surface area contributed by atoms with Gasteiger partial charge in [-0.3, -0.25) is 0 Å². The zero-order valence-electron chi connectivity index (χ0n) is 21.2. The average Bonchev–Trinajstić information content (AvgIpc) is 3.67. The summed E-state index contributed by atoms with van der Waals surface area (Å²) in [6.07, 6.45) is -0.000133. The van der Waals surface area contributed by atoms with Crippen LogP contribution in [0.5, 0.6) is 11.8 Å². The van der Waals surface area contributed by atoms with E-state index < -0.39 is 23.8 Å². The number of aromatic nitrogens is 6. The molecule has 3 heterocycles. The summed E-state index contributed by atoms with van der Waals surface area (Å²) >= 11 is 0. The zero-order chi connectivity index (χ0) is 27.9. The van der Waals surface area contributed by atoms with Crippen LogP contribution >= 0.6 is 0 Å². The van der Waals surface area contributed by atoms with Crippen molar-refractivity contribution in [2.24, 2.45) is 7.05 Å². The number of ether oxygens (including phenoxy) is 2. The topological polar surface area (TPSA) is 108 Å². The van der Waals surface area contributed by atoms with Gasteiger partial charge in [0, 0.05) is 25.4 Å². The van der Waals surface area contributed by atoms with Crippen LogP contribution in [-0.4, -0.2) is 41.7 Å². The van der Waals surface area contributed by atoms with E-state index in [1.807, 2.05) is 0 Å². The molecule has 0 bridgehead atoms. The molecule has 0 radical (unpaired) electrons. The number of aryl methyl sites for hydroxylation is 1. The Labute approximate surface area is 220 Å². The Hall–Kier alpha value is -4.13. The summed E-state index contributed by atoms with van der Waals surface area (Å²) in [4.78, 5) is 21.0.